The van der Waals surface area contributed by atoms with Crippen molar-refractivity contribution in [1.82, 2.24) is 19.6 Å². The molecule has 2 aromatic carbocycles. The third-order valence-corrected chi connectivity index (χ3v) is 5.76. The highest BCUT2D eigenvalue weighted by molar-refractivity contribution is 9.10. The van der Waals surface area contributed by atoms with Gasteiger partial charge in [-0.15, -0.1) is 0 Å². The van der Waals surface area contributed by atoms with Crippen LogP contribution >= 0.6 is 39.7 Å². The van der Waals surface area contributed by atoms with Crippen molar-refractivity contribution in [2.45, 2.75) is 13.1 Å². The van der Waals surface area contributed by atoms with E-state index in [1.165, 1.54) is 0 Å². The predicted octanol–water partition coefficient (Wildman–Crippen LogP) is 5.41. The number of nitrogens with one attached hydrogen (secondary N) is 2. The van der Waals surface area contributed by atoms with Crippen molar-refractivity contribution in [3.05, 3.63) is 87.7 Å². The lowest BCUT2D eigenvalue weighted by Crippen LogP contribution is -2.19. The van der Waals surface area contributed by atoms with Gasteiger partial charge in [0.1, 0.15) is 5.75 Å². The maximum Gasteiger partial charge on any atom is 0.176 e. The van der Waals surface area contributed by atoms with Gasteiger partial charge in [0.05, 0.1) is 36.6 Å². The van der Waals surface area contributed by atoms with Gasteiger partial charge in [-0.25, -0.2) is 0 Å². The maximum absolute atomic E-state index is 6.25. The van der Waals surface area contributed by atoms with Crippen molar-refractivity contribution in [3.8, 4) is 5.75 Å². The summed E-state index contributed by atoms with van der Waals surface area (Å²) in [5.41, 5.74) is 2.85. The van der Waals surface area contributed by atoms with Crippen LogP contribution in [0.15, 0.2) is 71.6 Å². The lowest BCUT2D eigenvalue weighted by atomic mass is 10.2. The number of hydrogen-bond donors (Lipinski definition) is 2. The van der Waals surface area contributed by atoms with Gasteiger partial charge in [-0.1, -0.05) is 41.9 Å². The number of hydrogen-bond acceptors (Lipinski definition) is 4. The first-order valence-electron chi connectivity index (χ1n) is 9.70. The highest BCUT2D eigenvalue weighted by atomic mass is 79.9. The number of thiocarbonyl (C=S) groups is 1. The van der Waals surface area contributed by atoms with Crippen LogP contribution in [0.5, 0.6) is 5.75 Å². The van der Waals surface area contributed by atoms with Crippen molar-refractivity contribution in [2.75, 3.05) is 17.7 Å². The van der Waals surface area contributed by atoms with E-state index in [1.54, 1.807) is 18.0 Å². The van der Waals surface area contributed by atoms with Crippen LogP contribution in [-0.4, -0.2) is 31.8 Å². The Kier molecular flexibility index (Phi) is 7.09. The Bertz CT molecular complexity index is 1240. The zero-order valence-corrected chi connectivity index (χ0v) is 20.3. The van der Waals surface area contributed by atoms with Crippen molar-refractivity contribution in [1.29, 1.82) is 0 Å². The molecule has 4 rings (SSSR count). The topological polar surface area (TPSA) is 68.9 Å². The van der Waals surface area contributed by atoms with E-state index in [0.717, 1.165) is 27.0 Å². The summed E-state index contributed by atoms with van der Waals surface area (Å²) in [6.07, 6.45) is 5.48. The Balaban J connectivity index is 1.36. The number of anilines is 2. The highest BCUT2D eigenvalue weighted by Crippen LogP contribution is 2.23. The molecule has 164 valence electrons. The van der Waals surface area contributed by atoms with Crippen LogP contribution in [-0.2, 0) is 13.1 Å². The number of ether oxygens (including phenoxy) is 1. The van der Waals surface area contributed by atoms with Crippen molar-refractivity contribution in [3.63, 3.8) is 0 Å². The van der Waals surface area contributed by atoms with Gasteiger partial charge < -0.3 is 15.4 Å². The molecule has 0 unspecified atom stereocenters. The van der Waals surface area contributed by atoms with E-state index in [4.69, 9.17) is 28.6 Å². The van der Waals surface area contributed by atoms with Crippen molar-refractivity contribution >= 4 is 56.4 Å². The summed E-state index contributed by atoms with van der Waals surface area (Å²) in [6, 6.07) is 15.6. The van der Waals surface area contributed by atoms with E-state index in [9.17, 15) is 0 Å². The summed E-state index contributed by atoms with van der Waals surface area (Å²) in [6.45, 7) is 1.17. The molecule has 4 aromatic rings. The number of nitrogens with zero attached hydrogens (tertiary/aromatic N) is 4. The van der Waals surface area contributed by atoms with E-state index < -0.39 is 0 Å². The second kappa shape index (κ2) is 10.2. The summed E-state index contributed by atoms with van der Waals surface area (Å²) >= 11 is 15.2. The van der Waals surface area contributed by atoms with Crippen LogP contribution in [0.25, 0.3) is 0 Å². The summed E-state index contributed by atoms with van der Waals surface area (Å²) in [7, 11) is 1.65. The highest BCUT2D eigenvalue weighted by Gasteiger charge is 2.11. The average Bonchev–Trinajstić information content (AvgIpc) is 3.35. The fourth-order valence-electron chi connectivity index (χ4n) is 3.11. The normalized spacial score (nSPS) is 10.7. The Morgan fingerprint density at radius 1 is 1.09 bits per heavy atom. The molecule has 2 heterocycles. The van der Waals surface area contributed by atoms with E-state index in [2.05, 4.69) is 36.8 Å². The van der Waals surface area contributed by atoms with Crippen LogP contribution in [0.2, 0.25) is 5.02 Å². The third-order valence-electron chi connectivity index (χ3n) is 4.61. The number of rotatable bonds is 7. The van der Waals surface area contributed by atoms with E-state index in [-0.39, 0.29) is 0 Å². The lowest BCUT2D eigenvalue weighted by Gasteiger charge is -2.07. The van der Waals surface area contributed by atoms with Crippen LogP contribution < -0.4 is 15.4 Å². The second-order valence-corrected chi connectivity index (χ2v) is 8.64. The van der Waals surface area contributed by atoms with Gasteiger partial charge >= 0.3 is 0 Å². The molecular weight excluding hydrogens is 512 g/mol. The summed E-state index contributed by atoms with van der Waals surface area (Å²) in [5, 5.41) is 16.3. The fraction of sp³-hybridized carbons (Fsp3) is 0.136. The molecule has 0 bridgehead atoms. The van der Waals surface area contributed by atoms with Crippen LogP contribution in [0, 0.1) is 0 Å². The summed E-state index contributed by atoms with van der Waals surface area (Å²) in [5.74, 6) is 1.43. The molecule has 0 amide bonds. The summed E-state index contributed by atoms with van der Waals surface area (Å²) < 4.78 is 9.69. The quantitative estimate of drug-likeness (QED) is 0.311. The fourth-order valence-corrected chi connectivity index (χ4v) is 3.93. The Hall–Kier alpha value is -2.88. The molecule has 0 radical (unpaired) electrons. The minimum atomic E-state index is 0.412. The monoisotopic (exact) mass is 530 g/mol. The molecule has 0 atom stereocenters. The van der Waals surface area contributed by atoms with Gasteiger partial charge in [0.25, 0.3) is 0 Å². The van der Waals surface area contributed by atoms with E-state index >= 15 is 0 Å². The Labute approximate surface area is 204 Å². The zero-order valence-electron chi connectivity index (χ0n) is 17.1. The molecule has 0 aliphatic rings. The molecule has 32 heavy (non-hydrogen) atoms. The van der Waals surface area contributed by atoms with Crippen LogP contribution in [0.1, 0.15) is 11.1 Å². The largest absolute Gasteiger partial charge is 0.497 e. The molecule has 0 saturated heterocycles. The molecule has 2 N–H and O–H groups in total. The predicted molar refractivity (Wildman–Crippen MR) is 135 cm³/mol. The van der Waals surface area contributed by atoms with Gasteiger partial charge in [0, 0.05) is 17.4 Å². The van der Waals surface area contributed by atoms with Crippen molar-refractivity contribution in [2.24, 2.45) is 0 Å². The van der Waals surface area contributed by atoms with Crippen LogP contribution in [0.4, 0.5) is 11.5 Å². The third kappa shape index (κ3) is 5.67. The molecule has 10 heteroatoms. The summed E-state index contributed by atoms with van der Waals surface area (Å²) in [4.78, 5) is 0. The molecule has 7 nitrogen and oxygen atoms in total. The number of halogens is 2. The van der Waals surface area contributed by atoms with Gasteiger partial charge in [-0.3, -0.25) is 9.36 Å². The van der Waals surface area contributed by atoms with Gasteiger partial charge in [-0.05, 0) is 57.5 Å². The minimum Gasteiger partial charge on any atom is -0.497 e. The first-order valence-corrected chi connectivity index (χ1v) is 11.3. The molecule has 0 aliphatic heterocycles. The van der Waals surface area contributed by atoms with E-state index in [1.807, 2.05) is 65.6 Å². The first-order chi connectivity index (χ1) is 15.5. The minimum absolute atomic E-state index is 0.412. The molecule has 0 aliphatic carbocycles. The molecule has 0 spiro atoms. The number of methoxy groups -OCH3 is 1. The lowest BCUT2D eigenvalue weighted by molar-refractivity contribution is 0.414. The molecule has 0 fully saturated rings. The van der Waals surface area contributed by atoms with Crippen LogP contribution in [0.3, 0.4) is 0 Å². The smallest absolute Gasteiger partial charge is 0.176 e. The zero-order chi connectivity index (χ0) is 22.5. The first kappa shape index (κ1) is 22.3. The Morgan fingerprint density at radius 2 is 1.94 bits per heavy atom. The van der Waals surface area contributed by atoms with Gasteiger partial charge in [0.2, 0.25) is 0 Å². The number of benzene rings is 2. The molecule has 2 aromatic heterocycles. The van der Waals surface area contributed by atoms with Gasteiger partial charge in [0.15, 0.2) is 10.9 Å². The average molecular weight is 532 g/mol. The van der Waals surface area contributed by atoms with Gasteiger partial charge in [-0.2, -0.15) is 10.2 Å². The maximum atomic E-state index is 6.25. The standard InChI is InChI=1S/C22H20BrClN6OS/c1-31-18-7-4-5-15(9-18)11-29-13-17(10-25-29)26-22(32)27-21-19(23)14-30(28-21)12-16-6-2-3-8-20(16)24/h2-10,13-14H,11-12H2,1H3,(H2,26,27,28,32). The second-order valence-electron chi connectivity index (χ2n) is 6.97. The molecular formula is C22H20BrClN6OS. The number of aromatic nitrogens is 4. The molecule has 0 saturated carbocycles. The SMILES string of the molecule is COc1cccc(Cn2cc(NC(=S)Nc3nn(Cc4ccccc4Cl)cc3Br)cn2)c1. The van der Waals surface area contributed by atoms with Crippen molar-refractivity contribution < 1.29 is 4.74 Å². The van der Waals surface area contributed by atoms with E-state index in [0.29, 0.717) is 29.0 Å². The Morgan fingerprint density at radius 3 is 2.75 bits per heavy atom.